The molecule has 0 fully saturated rings. The van der Waals surface area contributed by atoms with Crippen molar-refractivity contribution in [2.45, 2.75) is 26.3 Å². The molecule has 6 nitrogen and oxygen atoms in total. The van der Waals surface area contributed by atoms with Crippen LogP contribution in [0.25, 0.3) is 0 Å². The Morgan fingerprint density at radius 2 is 1.84 bits per heavy atom. The number of carbonyl (C=O) groups excluding carboxylic acids is 1. The number of amides is 2. The summed E-state index contributed by atoms with van der Waals surface area (Å²) in [5.41, 5.74) is 3.07. The van der Waals surface area contributed by atoms with E-state index in [2.05, 4.69) is 28.0 Å². The molecule has 0 radical (unpaired) electrons. The Hall–Kier alpha value is -3.15. The molecule has 0 saturated carbocycles. The van der Waals surface area contributed by atoms with Crippen molar-refractivity contribution in [3.8, 4) is 0 Å². The third-order valence-electron chi connectivity index (χ3n) is 3.85. The minimum Gasteiger partial charge on any atom is -0.308 e. The number of benzene rings is 2. The highest BCUT2D eigenvalue weighted by Crippen LogP contribution is 2.11. The van der Waals surface area contributed by atoms with Gasteiger partial charge in [0.15, 0.2) is 6.04 Å². The zero-order valence-corrected chi connectivity index (χ0v) is 14.3. The van der Waals surface area contributed by atoms with Crippen molar-refractivity contribution in [2.75, 3.05) is 10.6 Å². The fourth-order valence-electron chi connectivity index (χ4n) is 2.48. The van der Waals surface area contributed by atoms with E-state index in [-0.39, 0.29) is 12.1 Å². The molecule has 0 saturated heterocycles. The van der Waals surface area contributed by atoms with Gasteiger partial charge in [0.1, 0.15) is 0 Å². The maximum absolute atomic E-state index is 12.0. The van der Waals surface area contributed by atoms with Gasteiger partial charge in [-0.1, -0.05) is 48.0 Å². The molecule has 0 aliphatic carbocycles. The van der Waals surface area contributed by atoms with E-state index in [4.69, 9.17) is 4.52 Å². The van der Waals surface area contributed by atoms with Gasteiger partial charge in [-0.25, -0.2) is 4.79 Å². The van der Waals surface area contributed by atoms with Crippen LogP contribution in [0.3, 0.4) is 0 Å². The first-order valence-corrected chi connectivity index (χ1v) is 8.17. The van der Waals surface area contributed by atoms with Gasteiger partial charge in [-0.05, 0) is 29.3 Å². The summed E-state index contributed by atoms with van der Waals surface area (Å²) in [7, 11) is 0. The van der Waals surface area contributed by atoms with Gasteiger partial charge < -0.3 is 5.32 Å². The van der Waals surface area contributed by atoms with Crippen molar-refractivity contribution >= 4 is 17.6 Å². The summed E-state index contributed by atoms with van der Waals surface area (Å²) in [6.07, 6.45) is 2.51. The molecule has 2 N–H and O–H groups in total. The van der Waals surface area contributed by atoms with Gasteiger partial charge in [0, 0.05) is 19.0 Å². The molecule has 0 aliphatic rings. The number of hydrogen-bond donors (Lipinski definition) is 2. The number of rotatable bonds is 5. The molecule has 1 aromatic heterocycles. The van der Waals surface area contributed by atoms with E-state index in [1.165, 1.54) is 5.56 Å². The Labute approximate surface area is 146 Å². The molecule has 1 heterocycles. The number of aromatic nitrogens is 2. The van der Waals surface area contributed by atoms with E-state index < -0.39 is 0 Å². The molecule has 128 valence electrons. The van der Waals surface area contributed by atoms with Gasteiger partial charge >= 0.3 is 11.9 Å². The van der Waals surface area contributed by atoms with Gasteiger partial charge in [-0.15, -0.1) is 0 Å². The first-order chi connectivity index (χ1) is 12.1. The maximum atomic E-state index is 12.0. The van der Waals surface area contributed by atoms with Crippen LogP contribution in [0.5, 0.6) is 0 Å². The molecule has 1 atom stereocenters. The SMILES string of the molecule is Cc1ccc(NC(=O)Nc2c[n+](C(C)Cc3ccccc3)no2)cc1. The highest BCUT2D eigenvalue weighted by Gasteiger charge is 2.21. The number of urea groups is 1. The molecule has 0 aliphatic heterocycles. The molecule has 2 amide bonds. The topological polar surface area (TPSA) is 71.0 Å². The summed E-state index contributed by atoms with van der Waals surface area (Å²) >= 11 is 0. The van der Waals surface area contributed by atoms with Crippen molar-refractivity contribution in [2.24, 2.45) is 0 Å². The second kappa shape index (κ2) is 7.61. The quantitative estimate of drug-likeness (QED) is 0.697. The lowest BCUT2D eigenvalue weighted by Crippen LogP contribution is -2.40. The highest BCUT2D eigenvalue weighted by atomic mass is 16.5. The second-order valence-corrected chi connectivity index (χ2v) is 6.03. The van der Waals surface area contributed by atoms with Crippen LogP contribution < -0.4 is 15.3 Å². The molecule has 3 aromatic rings. The van der Waals surface area contributed by atoms with Crippen LogP contribution in [0.4, 0.5) is 16.4 Å². The Morgan fingerprint density at radius 1 is 1.12 bits per heavy atom. The van der Waals surface area contributed by atoms with Crippen LogP contribution in [0.15, 0.2) is 65.3 Å². The van der Waals surface area contributed by atoms with E-state index in [0.29, 0.717) is 11.6 Å². The Kier molecular flexibility index (Phi) is 5.09. The van der Waals surface area contributed by atoms with Gasteiger partial charge in [0.05, 0.1) is 0 Å². The predicted octanol–water partition coefficient (Wildman–Crippen LogP) is 3.72. The highest BCUT2D eigenvalue weighted by molar-refractivity contribution is 5.98. The Bertz CT molecular complexity index is 828. The van der Waals surface area contributed by atoms with E-state index in [1.54, 1.807) is 10.9 Å². The lowest BCUT2D eigenvalue weighted by molar-refractivity contribution is -0.782. The fraction of sp³-hybridized carbons (Fsp3) is 0.211. The lowest BCUT2D eigenvalue weighted by atomic mass is 10.1. The third-order valence-corrected chi connectivity index (χ3v) is 3.85. The monoisotopic (exact) mass is 337 g/mol. The molecule has 3 rings (SSSR count). The van der Waals surface area contributed by atoms with E-state index in [0.717, 1.165) is 12.0 Å². The first kappa shape index (κ1) is 16.7. The molecule has 1 unspecified atom stereocenters. The Morgan fingerprint density at radius 3 is 2.56 bits per heavy atom. The van der Waals surface area contributed by atoms with Gasteiger partial charge in [0.2, 0.25) is 5.27 Å². The summed E-state index contributed by atoms with van der Waals surface area (Å²) in [4.78, 5) is 12.0. The van der Waals surface area contributed by atoms with Crippen LogP contribution >= 0.6 is 0 Å². The van der Waals surface area contributed by atoms with E-state index in [1.807, 2.05) is 56.3 Å². The van der Waals surface area contributed by atoms with Crippen LogP contribution in [0.1, 0.15) is 24.1 Å². The first-order valence-electron chi connectivity index (χ1n) is 8.17. The molecule has 25 heavy (non-hydrogen) atoms. The summed E-state index contributed by atoms with van der Waals surface area (Å²) in [5, 5.41) is 9.38. The van der Waals surface area contributed by atoms with Crippen molar-refractivity contribution in [3.63, 3.8) is 0 Å². The molecular weight excluding hydrogens is 316 g/mol. The van der Waals surface area contributed by atoms with Gasteiger partial charge in [0.25, 0.3) is 6.20 Å². The van der Waals surface area contributed by atoms with Crippen LogP contribution in [0.2, 0.25) is 0 Å². The summed E-state index contributed by atoms with van der Waals surface area (Å²) < 4.78 is 6.89. The second-order valence-electron chi connectivity index (χ2n) is 6.03. The maximum Gasteiger partial charge on any atom is 0.326 e. The smallest absolute Gasteiger partial charge is 0.308 e. The molecule has 2 aromatic carbocycles. The van der Waals surface area contributed by atoms with Crippen LogP contribution in [0, 0.1) is 6.92 Å². The fourth-order valence-corrected chi connectivity index (χ4v) is 2.48. The van der Waals surface area contributed by atoms with Crippen molar-refractivity contribution in [3.05, 3.63) is 71.9 Å². The summed E-state index contributed by atoms with van der Waals surface area (Å²) in [6.45, 7) is 4.04. The number of hydrogen-bond acceptors (Lipinski definition) is 3. The van der Waals surface area contributed by atoms with Crippen LogP contribution in [-0.2, 0) is 6.42 Å². The molecule has 6 heteroatoms. The minimum absolute atomic E-state index is 0.113. The molecular formula is C19H21N4O2+. The Balaban J connectivity index is 1.57. The third kappa shape index (κ3) is 4.67. The number of aryl methyl sites for hydroxylation is 1. The van der Waals surface area contributed by atoms with Gasteiger partial charge in [-0.2, -0.15) is 0 Å². The lowest BCUT2D eigenvalue weighted by Gasteiger charge is -2.04. The zero-order chi connectivity index (χ0) is 17.6. The van der Waals surface area contributed by atoms with Gasteiger partial charge in [-0.3, -0.25) is 9.84 Å². The average Bonchev–Trinajstić information content (AvgIpc) is 3.06. The number of carbonyl (C=O) groups is 1. The zero-order valence-electron chi connectivity index (χ0n) is 14.3. The molecule has 0 spiro atoms. The van der Waals surface area contributed by atoms with E-state index >= 15 is 0 Å². The number of anilines is 2. The summed E-state index contributed by atoms with van der Waals surface area (Å²) in [6, 6.07) is 17.5. The average molecular weight is 337 g/mol. The largest absolute Gasteiger partial charge is 0.326 e. The minimum atomic E-state index is -0.372. The van der Waals surface area contributed by atoms with Crippen molar-refractivity contribution in [1.29, 1.82) is 0 Å². The standard InChI is InChI=1S/C19H20N4O2/c1-14-8-10-17(11-9-14)20-19(24)21-18-13-23(22-25-18)15(2)12-16-6-4-3-5-7-16/h3-11,13,15H,12H2,1-2H3,(H-,20,21,22,24)/p+1. The normalized spacial score (nSPS) is 11.8. The number of nitrogens with one attached hydrogen (secondary N) is 2. The molecule has 0 bridgehead atoms. The number of nitrogens with zero attached hydrogens (tertiary/aromatic N) is 2. The van der Waals surface area contributed by atoms with E-state index in [9.17, 15) is 4.79 Å². The summed E-state index contributed by atoms with van der Waals surface area (Å²) in [5.74, 6) is 0.296. The van der Waals surface area contributed by atoms with Crippen LogP contribution in [-0.4, -0.2) is 11.3 Å². The van der Waals surface area contributed by atoms with Crippen molar-refractivity contribution in [1.82, 2.24) is 5.27 Å². The predicted molar refractivity (Wildman–Crippen MR) is 95.4 cm³/mol. The van der Waals surface area contributed by atoms with Crippen molar-refractivity contribution < 1.29 is 14.0 Å².